The first-order valence-electron chi connectivity index (χ1n) is 9.44. The van der Waals surface area contributed by atoms with E-state index in [0.717, 1.165) is 16.3 Å². The fraction of sp³-hybridized carbons (Fsp3) is 0.0556. The van der Waals surface area contributed by atoms with Gasteiger partial charge in [0.2, 0.25) is 16.0 Å². The van der Waals surface area contributed by atoms with Crippen LogP contribution in [-0.2, 0) is 4.74 Å². The molecule has 7 N–H and O–H groups in total. The number of anilines is 1. The molecule has 0 aliphatic rings. The van der Waals surface area contributed by atoms with Gasteiger partial charge in [0.15, 0.2) is 15.8 Å². The Labute approximate surface area is 224 Å². The third kappa shape index (κ3) is 10.1. The van der Waals surface area contributed by atoms with Crippen molar-refractivity contribution in [2.24, 2.45) is 5.84 Å². The van der Waals surface area contributed by atoms with Gasteiger partial charge in [0, 0.05) is 46.3 Å². The monoisotopic (exact) mass is 582 g/mol. The minimum atomic E-state index is -0.958. The lowest BCUT2D eigenvalue weighted by Gasteiger charge is -1.89. The molecule has 0 radical (unpaired) electrons. The first-order valence-corrected chi connectivity index (χ1v) is 13.0. The number of ether oxygens (including phenoxy) is 1. The average molecular weight is 583 g/mol. The van der Waals surface area contributed by atoms with Crippen LogP contribution in [0.2, 0.25) is 0 Å². The molecule has 0 bridgehead atoms. The predicted molar refractivity (Wildman–Crippen MR) is 138 cm³/mol. The molecule has 0 spiro atoms. The Bertz CT molecular complexity index is 1280. The number of aromatic amines is 1. The molecule has 0 fully saturated rings. The van der Waals surface area contributed by atoms with E-state index in [1.54, 1.807) is 34.7 Å². The number of amides is 1. The molecule has 5 aromatic rings. The molecule has 0 aromatic carbocycles. The van der Waals surface area contributed by atoms with Crippen molar-refractivity contribution in [3.8, 4) is 10.8 Å². The number of carboxylic acids is 1. The van der Waals surface area contributed by atoms with Crippen LogP contribution in [0.5, 0.6) is 0 Å². The van der Waals surface area contributed by atoms with Gasteiger partial charge in [0.05, 0.1) is 7.11 Å². The predicted octanol–water partition coefficient (Wildman–Crippen LogP) is 2.03. The van der Waals surface area contributed by atoms with Crippen LogP contribution in [0, 0.1) is 0 Å². The first kappa shape index (κ1) is 29.1. The van der Waals surface area contributed by atoms with Crippen LogP contribution < -0.4 is 17.0 Å². The number of carbonyl (C=O) groups excluding carboxylic acids is 2. The highest BCUT2D eigenvalue weighted by molar-refractivity contribution is 7.13. The van der Waals surface area contributed by atoms with Crippen LogP contribution in [0.3, 0.4) is 0 Å². The number of nitrogens with two attached hydrogens (primary N) is 2. The van der Waals surface area contributed by atoms with E-state index in [-0.39, 0.29) is 22.8 Å². The Hall–Kier alpha value is -4.17. The Morgan fingerprint density at radius 3 is 1.81 bits per heavy atom. The molecule has 37 heavy (non-hydrogen) atoms. The van der Waals surface area contributed by atoms with E-state index in [9.17, 15) is 14.4 Å². The highest BCUT2D eigenvalue weighted by atomic mass is 32.1. The molecule has 15 nitrogen and oxygen atoms in total. The van der Waals surface area contributed by atoms with E-state index < -0.39 is 5.97 Å². The normalized spacial score (nSPS) is 9.35. The van der Waals surface area contributed by atoms with E-state index in [1.807, 2.05) is 10.8 Å². The zero-order valence-corrected chi connectivity index (χ0v) is 21.9. The second kappa shape index (κ2) is 15.7. The van der Waals surface area contributed by atoms with E-state index in [2.05, 4.69) is 39.9 Å². The number of nitrogen functional groups attached to an aromatic ring is 2. The van der Waals surface area contributed by atoms with Crippen LogP contribution in [0.25, 0.3) is 10.8 Å². The van der Waals surface area contributed by atoms with Crippen molar-refractivity contribution >= 4 is 69.1 Å². The highest BCUT2D eigenvalue weighted by Gasteiger charge is 2.06. The van der Waals surface area contributed by atoms with Gasteiger partial charge in [-0.1, -0.05) is 0 Å². The molecule has 5 heterocycles. The number of carbonyl (C=O) groups is 3. The number of hydrogen-bond donors (Lipinski definition) is 5. The topological polar surface area (TPSA) is 238 Å². The molecule has 0 saturated heterocycles. The van der Waals surface area contributed by atoms with Gasteiger partial charge < -0.3 is 15.6 Å². The Morgan fingerprint density at radius 1 is 0.892 bits per heavy atom. The van der Waals surface area contributed by atoms with E-state index in [0.29, 0.717) is 15.8 Å². The summed E-state index contributed by atoms with van der Waals surface area (Å²) in [7, 11) is 1.34. The fourth-order valence-electron chi connectivity index (χ4n) is 1.85. The summed E-state index contributed by atoms with van der Waals surface area (Å²) in [6.45, 7) is 0. The van der Waals surface area contributed by atoms with Crippen molar-refractivity contribution in [2.45, 2.75) is 0 Å². The maximum Gasteiger partial charge on any atom is 0.367 e. The maximum atomic E-state index is 10.6. The Kier molecular flexibility index (Phi) is 12.4. The summed E-state index contributed by atoms with van der Waals surface area (Å²) in [4.78, 5) is 50.1. The van der Waals surface area contributed by atoms with Crippen molar-refractivity contribution < 1.29 is 24.2 Å². The van der Waals surface area contributed by atoms with Gasteiger partial charge >= 0.3 is 11.9 Å². The second-order valence-corrected chi connectivity index (χ2v) is 9.24. The molecule has 5 rings (SSSR count). The molecule has 0 atom stereocenters. The summed E-state index contributed by atoms with van der Waals surface area (Å²) in [5.41, 5.74) is 7.28. The molecule has 5 aromatic heterocycles. The molecule has 0 aliphatic carbocycles. The summed E-state index contributed by atoms with van der Waals surface area (Å²) < 4.78 is 4.40. The van der Waals surface area contributed by atoms with Gasteiger partial charge in [-0.15, -0.1) is 50.4 Å². The number of rotatable bonds is 4. The lowest BCUT2D eigenvalue weighted by molar-refractivity contribution is 0.0599. The highest BCUT2D eigenvalue weighted by Crippen LogP contribution is 2.16. The number of aromatic nitrogens is 7. The van der Waals surface area contributed by atoms with E-state index in [1.165, 1.54) is 47.3 Å². The van der Waals surface area contributed by atoms with E-state index >= 15 is 0 Å². The van der Waals surface area contributed by atoms with Gasteiger partial charge in [-0.05, 0) is 0 Å². The van der Waals surface area contributed by atoms with Crippen LogP contribution in [0.15, 0.2) is 46.3 Å². The minimum absolute atomic E-state index is 0.144. The zero-order valence-electron chi connectivity index (χ0n) is 18.7. The Balaban J connectivity index is 0.000000175. The third-order valence-electron chi connectivity index (χ3n) is 3.30. The van der Waals surface area contributed by atoms with Crippen LogP contribution in [-0.4, -0.2) is 65.2 Å². The summed E-state index contributed by atoms with van der Waals surface area (Å²) in [5.74, 6) is 4.03. The van der Waals surface area contributed by atoms with Crippen LogP contribution >= 0.6 is 45.3 Å². The quantitative estimate of drug-likeness (QED) is 0.0883. The van der Waals surface area contributed by atoms with Gasteiger partial charge in [0.1, 0.15) is 0 Å². The smallest absolute Gasteiger partial charge is 0.367 e. The SMILES string of the molecule is COC(=O)c1nccs1.NNC(=O)c1nccs1.Nc1n[nH]c(-c2nccs2)n1.O=C(O)c1nccs1. The third-order valence-corrected chi connectivity index (χ3v) is 6.37. The largest absolute Gasteiger partial charge is 0.476 e. The number of hydrogen-bond acceptors (Lipinski definition) is 16. The number of thiazole rings is 4. The van der Waals surface area contributed by atoms with Gasteiger partial charge in [-0.2, -0.15) is 4.98 Å². The molecule has 0 saturated carbocycles. The number of methoxy groups -OCH3 is 1. The first-order chi connectivity index (χ1) is 17.8. The fourth-order valence-corrected chi connectivity index (χ4v) is 3.99. The molecule has 0 unspecified atom stereocenters. The number of hydrazine groups is 1. The molecular formula is C18H18N10O5S4. The summed E-state index contributed by atoms with van der Waals surface area (Å²) in [6, 6.07) is 0. The molecule has 194 valence electrons. The molecule has 19 heteroatoms. The lowest BCUT2D eigenvalue weighted by atomic mass is 10.6. The van der Waals surface area contributed by atoms with Crippen molar-refractivity contribution in [3.63, 3.8) is 0 Å². The van der Waals surface area contributed by atoms with Crippen molar-refractivity contribution in [2.75, 3.05) is 12.8 Å². The molecule has 0 aliphatic heterocycles. The van der Waals surface area contributed by atoms with Crippen molar-refractivity contribution in [1.29, 1.82) is 0 Å². The standard InChI is InChI=1S/C5H5N5S.C5H5NO2S.C4H5N3OS.C4H3NO2S/c6-5-8-3(9-10-5)4-7-1-2-11-4;1-8-5(7)4-6-2-3-9-4;5-7-3(8)4-6-1-2-9-4;6-4(7)3-5-1-2-8-3/h1-2H,(H3,6,8,9,10);2-3H,1H3;1-2H,5H2,(H,7,8);1-2H,(H,6,7). The number of H-pyrrole nitrogens is 1. The van der Waals surface area contributed by atoms with Gasteiger partial charge in [-0.3, -0.25) is 15.3 Å². The number of nitrogens with one attached hydrogen (secondary N) is 2. The summed E-state index contributed by atoms with van der Waals surface area (Å²) >= 11 is 5.13. The van der Waals surface area contributed by atoms with Gasteiger partial charge in [0.25, 0.3) is 5.91 Å². The second-order valence-electron chi connectivity index (χ2n) is 5.66. The summed E-state index contributed by atoms with van der Waals surface area (Å²) in [6.07, 6.45) is 6.29. The molecule has 1 amide bonds. The van der Waals surface area contributed by atoms with Crippen LogP contribution in [0.4, 0.5) is 5.95 Å². The zero-order chi connectivity index (χ0) is 27.0. The molecular weight excluding hydrogens is 565 g/mol. The van der Waals surface area contributed by atoms with Crippen molar-refractivity contribution in [1.82, 2.24) is 40.5 Å². The number of nitrogens with zero attached hydrogens (tertiary/aromatic N) is 6. The minimum Gasteiger partial charge on any atom is -0.476 e. The van der Waals surface area contributed by atoms with Crippen LogP contribution in [0.1, 0.15) is 29.4 Å². The van der Waals surface area contributed by atoms with Gasteiger partial charge in [-0.25, -0.2) is 35.4 Å². The average Bonchev–Trinajstić information content (AvgIpc) is 3.73. The maximum absolute atomic E-state index is 10.6. The number of esters is 1. The Morgan fingerprint density at radius 2 is 1.43 bits per heavy atom. The van der Waals surface area contributed by atoms with E-state index in [4.69, 9.17) is 16.7 Å². The number of aromatic carboxylic acids is 1. The lowest BCUT2D eigenvalue weighted by Crippen LogP contribution is -2.29. The number of carboxylic acid groups (broad SMARTS) is 1. The summed E-state index contributed by atoms with van der Waals surface area (Å²) in [5, 5.41) is 23.2. The van der Waals surface area contributed by atoms with Crippen molar-refractivity contribution in [3.05, 3.63) is 61.3 Å².